The summed E-state index contributed by atoms with van der Waals surface area (Å²) in [6.07, 6.45) is 7.40. The van der Waals surface area contributed by atoms with Crippen LogP contribution in [0.3, 0.4) is 0 Å². The van der Waals surface area contributed by atoms with Gasteiger partial charge in [0.05, 0.1) is 6.10 Å². The summed E-state index contributed by atoms with van der Waals surface area (Å²) < 4.78 is 5.67. The SMILES string of the molecule is CCC(C)(C)C1CCC(NC(=O)[C@@H]2CC[C@H](CN)O2)CC1. The molecule has 0 aromatic rings. The van der Waals surface area contributed by atoms with Gasteiger partial charge in [-0.15, -0.1) is 0 Å². The third-order valence-corrected chi connectivity index (χ3v) is 5.75. The first-order valence-electron chi connectivity index (χ1n) is 8.62. The highest BCUT2D eigenvalue weighted by Crippen LogP contribution is 2.40. The minimum atomic E-state index is -0.275. The molecule has 0 radical (unpaired) electrons. The third-order valence-electron chi connectivity index (χ3n) is 5.75. The second-order valence-electron chi connectivity index (χ2n) is 7.46. The number of carbonyl (C=O) groups excluding carboxylic acids is 1. The number of carbonyl (C=O) groups is 1. The quantitative estimate of drug-likeness (QED) is 0.819. The van der Waals surface area contributed by atoms with Gasteiger partial charge in [0, 0.05) is 12.6 Å². The van der Waals surface area contributed by atoms with Crippen LogP contribution >= 0.6 is 0 Å². The molecule has 2 aliphatic rings. The van der Waals surface area contributed by atoms with Crippen molar-refractivity contribution in [1.82, 2.24) is 5.32 Å². The molecule has 1 aliphatic carbocycles. The van der Waals surface area contributed by atoms with Crippen LogP contribution in [0.25, 0.3) is 0 Å². The lowest BCUT2D eigenvalue weighted by Crippen LogP contribution is -2.44. The van der Waals surface area contributed by atoms with Crippen molar-refractivity contribution in [2.75, 3.05) is 6.54 Å². The third kappa shape index (κ3) is 4.19. The number of nitrogens with two attached hydrogens (primary N) is 1. The van der Waals surface area contributed by atoms with Gasteiger partial charge in [-0.25, -0.2) is 0 Å². The Balaban J connectivity index is 1.75. The summed E-state index contributed by atoms with van der Waals surface area (Å²) in [7, 11) is 0. The summed E-state index contributed by atoms with van der Waals surface area (Å²) in [5.41, 5.74) is 6.02. The summed E-state index contributed by atoms with van der Waals surface area (Å²) >= 11 is 0. The lowest BCUT2D eigenvalue weighted by Gasteiger charge is -2.39. The van der Waals surface area contributed by atoms with Crippen LogP contribution in [-0.2, 0) is 9.53 Å². The van der Waals surface area contributed by atoms with Gasteiger partial charge in [0.15, 0.2) is 0 Å². The van der Waals surface area contributed by atoms with E-state index >= 15 is 0 Å². The molecule has 2 atom stereocenters. The summed E-state index contributed by atoms with van der Waals surface area (Å²) in [6, 6.07) is 0.335. The normalized spacial score (nSPS) is 33.9. The Morgan fingerprint density at radius 2 is 1.86 bits per heavy atom. The Morgan fingerprint density at radius 1 is 1.19 bits per heavy atom. The van der Waals surface area contributed by atoms with Gasteiger partial charge in [-0.2, -0.15) is 0 Å². The van der Waals surface area contributed by atoms with E-state index in [0.29, 0.717) is 18.0 Å². The maximum absolute atomic E-state index is 12.2. The van der Waals surface area contributed by atoms with Crippen molar-refractivity contribution in [3.8, 4) is 0 Å². The predicted molar refractivity (Wildman–Crippen MR) is 84.9 cm³/mol. The summed E-state index contributed by atoms with van der Waals surface area (Å²) in [5.74, 6) is 0.865. The molecular formula is C17H32N2O2. The van der Waals surface area contributed by atoms with E-state index in [4.69, 9.17) is 10.5 Å². The highest BCUT2D eigenvalue weighted by atomic mass is 16.5. The van der Waals surface area contributed by atoms with Crippen LogP contribution in [0, 0.1) is 11.3 Å². The Kier molecular flexibility index (Phi) is 5.67. The average molecular weight is 296 g/mol. The zero-order chi connectivity index (χ0) is 15.5. The zero-order valence-corrected chi connectivity index (χ0v) is 13.9. The number of ether oxygens (including phenoxy) is 1. The van der Waals surface area contributed by atoms with Gasteiger partial charge >= 0.3 is 0 Å². The van der Waals surface area contributed by atoms with Crippen LogP contribution in [0.2, 0.25) is 0 Å². The van der Waals surface area contributed by atoms with Crippen molar-refractivity contribution < 1.29 is 9.53 Å². The first-order chi connectivity index (χ1) is 9.96. The largest absolute Gasteiger partial charge is 0.364 e. The van der Waals surface area contributed by atoms with Gasteiger partial charge in [0.1, 0.15) is 6.10 Å². The maximum Gasteiger partial charge on any atom is 0.249 e. The minimum Gasteiger partial charge on any atom is -0.364 e. The van der Waals surface area contributed by atoms with Gasteiger partial charge < -0.3 is 15.8 Å². The molecule has 122 valence electrons. The van der Waals surface area contributed by atoms with E-state index in [1.54, 1.807) is 0 Å². The van der Waals surface area contributed by atoms with Crippen LogP contribution in [-0.4, -0.2) is 30.7 Å². The number of amides is 1. The maximum atomic E-state index is 12.2. The van der Waals surface area contributed by atoms with E-state index in [2.05, 4.69) is 26.1 Å². The fourth-order valence-corrected chi connectivity index (χ4v) is 3.67. The van der Waals surface area contributed by atoms with Gasteiger partial charge in [-0.1, -0.05) is 27.2 Å². The highest BCUT2D eigenvalue weighted by molar-refractivity contribution is 5.81. The molecule has 1 heterocycles. The van der Waals surface area contributed by atoms with E-state index in [-0.39, 0.29) is 18.1 Å². The van der Waals surface area contributed by atoms with Crippen molar-refractivity contribution in [2.24, 2.45) is 17.1 Å². The molecule has 1 saturated carbocycles. The van der Waals surface area contributed by atoms with Gasteiger partial charge in [0.2, 0.25) is 5.91 Å². The van der Waals surface area contributed by atoms with E-state index in [1.807, 2.05) is 0 Å². The molecular weight excluding hydrogens is 264 g/mol. The smallest absolute Gasteiger partial charge is 0.249 e. The van der Waals surface area contributed by atoms with Crippen LogP contribution in [0.1, 0.15) is 65.7 Å². The number of hydrogen-bond acceptors (Lipinski definition) is 3. The molecule has 0 unspecified atom stereocenters. The van der Waals surface area contributed by atoms with Crippen molar-refractivity contribution in [3.63, 3.8) is 0 Å². The second kappa shape index (κ2) is 7.10. The zero-order valence-electron chi connectivity index (χ0n) is 13.9. The lowest BCUT2D eigenvalue weighted by molar-refractivity contribution is -0.132. The molecule has 4 nitrogen and oxygen atoms in total. The Bertz CT molecular complexity index is 349. The molecule has 0 bridgehead atoms. The van der Waals surface area contributed by atoms with Gasteiger partial charge in [0.25, 0.3) is 0 Å². The molecule has 1 saturated heterocycles. The van der Waals surface area contributed by atoms with E-state index in [9.17, 15) is 4.79 Å². The number of hydrogen-bond donors (Lipinski definition) is 2. The molecule has 2 fully saturated rings. The number of nitrogens with one attached hydrogen (secondary N) is 1. The molecule has 0 spiro atoms. The van der Waals surface area contributed by atoms with Crippen molar-refractivity contribution in [3.05, 3.63) is 0 Å². The van der Waals surface area contributed by atoms with Gasteiger partial charge in [-0.3, -0.25) is 4.79 Å². The van der Waals surface area contributed by atoms with Crippen molar-refractivity contribution in [1.29, 1.82) is 0 Å². The molecule has 1 aliphatic heterocycles. The molecule has 1 amide bonds. The molecule has 2 rings (SSSR count). The topological polar surface area (TPSA) is 64.4 Å². The van der Waals surface area contributed by atoms with E-state index < -0.39 is 0 Å². The Labute approximate surface area is 129 Å². The summed E-state index contributed by atoms with van der Waals surface area (Å²) in [5, 5.41) is 3.19. The molecule has 0 aromatic carbocycles. The predicted octanol–water partition coefficient (Wildman–Crippen LogP) is 2.60. The monoisotopic (exact) mass is 296 g/mol. The molecule has 4 heteroatoms. The molecule has 3 N–H and O–H groups in total. The van der Waals surface area contributed by atoms with Crippen molar-refractivity contribution >= 4 is 5.91 Å². The molecule has 0 aromatic heterocycles. The Hall–Kier alpha value is -0.610. The van der Waals surface area contributed by atoms with Crippen molar-refractivity contribution in [2.45, 2.75) is 84.0 Å². The second-order valence-corrected chi connectivity index (χ2v) is 7.46. The van der Waals surface area contributed by atoms with Crippen LogP contribution in [0.4, 0.5) is 0 Å². The highest BCUT2D eigenvalue weighted by Gasteiger charge is 2.34. The van der Waals surface area contributed by atoms with Crippen LogP contribution in [0.15, 0.2) is 0 Å². The standard InChI is InChI=1S/C17H32N2O2/c1-4-17(2,3)12-5-7-13(8-6-12)19-16(20)15-10-9-14(11-18)21-15/h12-15H,4-11,18H2,1-3H3,(H,19,20)/t12?,13?,14-,15+/m1/s1. The fraction of sp³-hybridized carbons (Fsp3) is 0.941. The van der Waals surface area contributed by atoms with Gasteiger partial charge in [-0.05, 0) is 49.9 Å². The van der Waals surface area contributed by atoms with Crippen LogP contribution < -0.4 is 11.1 Å². The fourth-order valence-electron chi connectivity index (χ4n) is 3.67. The molecule has 21 heavy (non-hydrogen) atoms. The first kappa shape index (κ1) is 16.8. The van der Waals surface area contributed by atoms with Crippen LogP contribution in [0.5, 0.6) is 0 Å². The lowest BCUT2D eigenvalue weighted by atomic mass is 9.69. The van der Waals surface area contributed by atoms with E-state index in [0.717, 1.165) is 31.6 Å². The average Bonchev–Trinajstić information content (AvgIpc) is 2.97. The summed E-state index contributed by atoms with van der Waals surface area (Å²) in [4.78, 5) is 12.2. The summed E-state index contributed by atoms with van der Waals surface area (Å²) in [6.45, 7) is 7.53. The first-order valence-corrected chi connectivity index (χ1v) is 8.62. The minimum absolute atomic E-state index is 0.0711. The number of rotatable bonds is 5. The Morgan fingerprint density at radius 3 is 2.38 bits per heavy atom. The van der Waals surface area contributed by atoms with E-state index in [1.165, 1.54) is 19.3 Å².